The first-order valence-corrected chi connectivity index (χ1v) is 8.71. The molecule has 2 atom stereocenters. The van der Waals surface area contributed by atoms with Crippen molar-refractivity contribution >= 4 is 11.6 Å². The number of amides is 1. The molecule has 26 heavy (non-hydrogen) atoms. The van der Waals surface area contributed by atoms with Gasteiger partial charge in [-0.05, 0) is 30.9 Å². The number of hydrogen-bond acceptors (Lipinski definition) is 4. The zero-order chi connectivity index (χ0) is 19.3. The molecule has 1 amide bonds. The number of hydrogen-bond donors (Lipinski definition) is 1. The van der Waals surface area contributed by atoms with Gasteiger partial charge in [0.2, 0.25) is 0 Å². The number of anilines is 1. The first kappa shape index (κ1) is 19.9. The van der Waals surface area contributed by atoms with E-state index in [0.717, 1.165) is 18.9 Å². The molecule has 0 spiro atoms. The molecular formula is C18H23F3N4O. The predicted molar refractivity (Wildman–Crippen MR) is 91.6 cm³/mol. The molecule has 1 aromatic carbocycles. The Labute approximate surface area is 151 Å². The molecule has 1 aliphatic rings. The number of benzene rings is 1. The summed E-state index contributed by atoms with van der Waals surface area (Å²) in [5, 5.41) is 14.7. The summed E-state index contributed by atoms with van der Waals surface area (Å²) in [5.41, 5.74) is -0.934. The number of nitriles is 1. The molecule has 5 nitrogen and oxygen atoms in total. The van der Waals surface area contributed by atoms with E-state index in [4.69, 9.17) is 0 Å². The maximum absolute atomic E-state index is 13.3. The number of carbonyl (C=O) groups excluding carboxylic acids is 1. The number of nitrogens with one attached hydrogen (secondary N) is 1. The fraction of sp³-hybridized carbons (Fsp3) is 0.556. The lowest BCUT2D eigenvalue weighted by Crippen LogP contribution is -2.54. The Morgan fingerprint density at radius 1 is 1.31 bits per heavy atom. The fourth-order valence-corrected chi connectivity index (χ4v) is 2.97. The zero-order valence-electron chi connectivity index (χ0n) is 14.9. The quantitative estimate of drug-likeness (QED) is 0.802. The van der Waals surface area contributed by atoms with E-state index in [9.17, 15) is 23.2 Å². The Morgan fingerprint density at radius 2 is 1.96 bits per heavy atom. The van der Waals surface area contributed by atoms with E-state index in [1.807, 2.05) is 20.0 Å². The lowest BCUT2D eigenvalue weighted by Gasteiger charge is -2.38. The van der Waals surface area contributed by atoms with E-state index >= 15 is 0 Å². The Kier molecular flexibility index (Phi) is 6.35. The van der Waals surface area contributed by atoms with E-state index in [-0.39, 0.29) is 17.5 Å². The largest absolute Gasteiger partial charge is 0.418 e. The number of nitrogens with zero attached hydrogens (tertiary/aromatic N) is 3. The minimum absolute atomic E-state index is 0.126. The van der Waals surface area contributed by atoms with E-state index in [2.05, 4.69) is 5.32 Å². The second-order valence-corrected chi connectivity index (χ2v) is 6.44. The highest BCUT2D eigenvalue weighted by Gasteiger charge is 2.37. The molecule has 1 fully saturated rings. The van der Waals surface area contributed by atoms with Crippen molar-refractivity contribution < 1.29 is 18.0 Å². The van der Waals surface area contributed by atoms with Gasteiger partial charge < -0.3 is 5.32 Å². The summed E-state index contributed by atoms with van der Waals surface area (Å²) in [6, 6.07) is 4.28. The monoisotopic (exact) mass is 368 g/mol. The Hall–Kier alpha value is -2.43. The molecule has 0 bridgehead atoms. The summed E-state index contributed by atoms with van der Waals surface area (Å²) in [5.74, 6) is -0.580. The van der Waals surface area contributed by atoms with Gasteiger partial charge in [0.15, 0.2) is 6.19 Å². The van der Waals surface area contributed by atoms with Gasteiger partial charge in [-0.3, -0.25) is 4.79 Å². The minimum atomic E-state index is -4.52. The van der Waals surface area contributed by atoms with Crippen LogP contribution < -0.4 is 5.32 Å². The summed E-state index contributed by atoms with van der Waals surface area (Å²) in [6.45, 7) is 4.52. The number of halogens is 3. The third-order valence-corrected chi connectivity index (χ3v) is 4.67. The lowest BCUT2D eigenvalue weighted by atomic mass is 9.97. The van der Waals surface area contributed by atoms with Crippen LogP contribution in [0.2, 0.25) is 0 Å². The van der Waals surface area contributed by atoms with E-state index < -0.39 is 17.8 Å². The zero-order valence-corrected chi connectivity index (χ0v) is 14.9. The number of para-hydroxylation sites is 1. The molecule has 0 aromatic heterocycles. The molecule has 1 aliphatic heterocycles. The van der Waals surface area contributed by atoms with Gasteiger partial charge in [0.1, 0.15) is 6.04 Å². The van der Waals surface area contributed by atoms with Crippen molar-refractivity contribution in [3.8, 4) is 6.19 Å². The van der Waals surface area contributed by atoms with Crippen molar-refractivity contribution in [3.05, 3.63) is 29.8 Å². The average Bonchev–Trinajstić information content (AvgIpc) is 2.64. The van der Waals surface area contributed by atoms with Crippen LogP contribution in [0.3, 0.4) is 0 Å². The van der Waals surface area contributed by atoms with E-state index in [1.165, 1.54) is 28.2 Å². The summed E-state index contributed by atoms with van der Waals surface area (Å²) in [6.07, 6.45) is -0.370. The topological polar surface area (TPSA) is 59.4 Å². The van der Waals surface area contributed by atoms with Gasteiger partial charge >= 0.3 is 6.18 Å². The second-order valence-electron chi connectivity index (χ2n) is 6.44. The number of rotatable bonds is 5. The Bertz CT molecular complexity index is 671. The maximum Gasteiger partial charge on any atom is 0.418 e. The van der Waals surface area contributed by atoms with Crippen molar-refractivity contribution in [1.29, 1.82) is 5.26 Å². The third kappa shape index (κ3) is 4.40. The highest BCUT2D eigenvalue weighted by molar-refractivity contribution is 5.85. The lowest BCUT2D eigenvalue weighted by molar-refractivity contribution is -0.148. The van der Waals surface area contributed by atoms with Crippen molar-refractivity contribution in [3.63, 3.8) is 0 Å². The number of hydrazine groups is 1. The van der Waals surface area contributed by atoms with Crippen molar-refractivity contribution in [2.24, 2.45) is 5.92 Å². The van der Waals surface area contributed by atoms with Crippen LogP contribution in [0, 0.1) is 17.4 Å². The maximum atomic E-state index is 13.3. The minimum Gasteiger partial charge on any atom is -0.373 e. The van der Waals surface area contributed by atoms with Crippen molar-refractivity contribution in [1.82, 2.24) is 10.0 Å². The normalized spacial score (nSPS) is 17.4. The molecule has 142 valence electrons. The summed E-state index contributed by atoms with van der Waals surface area (Å²) in [7, 11) is 0. The van der Waals surface area contributed by atoms with Gasteiger partial charge in [-0.25, -0.2) is 10.0 Å². The molecule has 2 rings (SSSR count). The van der Waals surface area contributed by atoms with E-state index in [0.29, 0.717) is 19.5 Å². The SMILES string of the molecule is CCC(C)C(Nc1ccccc1C(F)(F)F)C(=O)N1CCCCN1C#N. The average molecular weight is 368 g/mol. The van der Waals surface area contributed by atoms with Gasteiger partial charge in [0.05, 0.1) is 12.1 Å². The van der Waals surface area contributed by atoms with E-state index in [1.54, 1.807) is 0 Å². The second kappa shape index (κ2) is 8.30. The summed E-state index contributed by atoms with van der Waals surface area (Å²) >= 11 is 0. The molecule has 8 heteroatoms. The van der Waals surface area contributed by atoms with Gasteiger partial charge in [0, 0.05) is 12.2 Å². The first-order valence-electron chi connectivity index (χ1n) is 8.71. The Balaban J connectivity index is 2.32. The van der Waals surface area contributed by atoms with Crippen molar-refractivity contribution in [2.45, 2.75) is 45.3 Å². The molecule has 2 unspecified atom stereocenters. The van der Waals surface area contributed by atoms with Crippen LogP contribution in [-0.2, 0) is 11.0 Å². The van der Waals surface area contributed by atoms with Crippen LogP contribution in [-0.4, -0.2) is 35.1 Å². The molecule has 0 radical (unpaired) electrons. The predicted octanol–water partition coefficient (Wildman–Crippen LogP) is 3.85. The summed E-state index contributed by atoms with van der Waals surface area (Å²) in [4.78, 5) is 13.0. The molecule has 1 heterocycles. The van der Waals surface area contributed by atoms with Crippen LogP contribution in [0.15, 0.2) is 24.3 Å². The highest BCUT2D eigenvalue weighted by atomic mass is 19.4. The Morgan fingerprint density at radius 3 is 2.58 bits per heavy atom. The van der Waals surface area contributed by atoms with Crippen LogP contribution in [0.5, 0.6) is 0 Å². The van der Waals surface area contributed by atoms with Crippen molar-refractivity contribution in [2.75, 3.05) is 18.4 Å². The highest BCUT2D eigenvalue weighted by Crippen LogP contribution is 2.35. The van der Waals surface area contributed by atoms with Gasteiger partial charge in [-0.2, -0.15) is 18.4 Å². The smallest absolute Gasteiger partial charge is 0.373 e. The molecule has 1 N–H and O–H groups in total. The van der Waals surface area contributed by atoms with Crippen LogP contribution in [0.4, 0.5) is 18.9 Å². The van der Waals surface area contributed by atoms with Crippen LogP contribution in [0.1, 0.15) is 38.7 Å². The molecule has 0 saturated carbocycles. The fourth-order valence-electron chi connectivity index (χ4n) is 2.97. The van der Waals surface area contributed by atoms with Gasteiger partial charge in [-0.15, -0.1) is 0 Å². The van der Waals surface area contributed by atoms with Gasteiger partial charge in [-0.1, -0.05) is 32.4 Å². The summed E-state index contributed by atoms with van der Waals surface area (Å²) < 4.78 is 39.8. The first-order chi connectivity index (χ1) is 12.3. The van der Waals surface area contributed by atoms with Crippen LogP contribution in [0.25, 0.3) is 0 Å². The molecule has 0 aliphatic carbocycles. The molecule has 1 saturated heterocycles. The molecule has 1 aromatic rings. The third-order valence-electron chi connectivity index (χ3n) is 4.67. The number of carbonyl (C=O) groups is 1. The number of alkyl halides is 3. The standard InChI is InChI=1S/C18H23F3N4O/c1-3-13(2)16(17(26)25-11-7-6-10-24(25)12-22)23-15-9-5-4-8-14(15)18(19,20)21/h4-5,8-9,13,16,23H,3,6-7,10-11H2,1-2H3. The molecular weight excluding hydrogens is 345 g/mol. The van der Waals surface area contributed by atoms with Crippen LogP contribution >= 0.6 is 0 Å². The van der Waals surface area contributed by atoms with Gasteiger partial charge in [0.25, 0.3) is 5.91 Å².